The largest absolute Gasteiger partial charge is 0.507 e. The summed E-state index contributed by atoms with van der Waals surface area (Å²) in [7, 11) is 0. The van der Waals surface area contributed by atoms with Gasteiger partial charge in [-0.1, -0.05) is 19.3 Å². The first-order valence-electron chi connectivity index (χ1n) is 4.83. The lowest BCUT2D eigenvalue weighted by Gasteiger charge is -2.09. The summed E-state index contributed by atoms with van der Waals surface area (Å²) in [5, 5.41) is 0. The van der Waals surface area contributed by atoms with Crippen LogP contribution >= 0.6 is 0 Å². The van der Waals surface area contributed by atoms with Gasteiger partial charge in [0.15, 0.2) is 0 Å². The summed E-state index contributed by atoms with van der Waals surface area (Å²) < 4.78 is 1.48. The maximum atomic E-state index is 9.26. The second-order valence-electron chi connectivity index (χ2n) is 3.43. The summed E-state index contributed by atoms with van der Waals surface area (Å²) in [5.74, 6) is 0. The van der Waals surface area contributed by atoms with Crippen molar-refractivity contribution in [2.45, 2.75) is 44.9 Å². The predicted molar refractivity (Wildman–Crippen MR) is 45.7 cm³/mol. The molecule has 0 spiro atoms. The molecule has 0 radical (unpaired) electrons. The number of hydrogen-bond donors (Lipinski definition) is 0. The van der Waals surface area contributed by atoms with Gasteiger partial charge in [0.05, 0.1) is 0 Å². The Labute approximate surface area is 69.1 Å². The molecule has 0 N–H and O–H groups in total. The Kier molecular flexibility index (Phi) is 4.17. The van der Waals surface area contributed by atoms with Gasteiger partial charge in [0.2, 0.25) is 0 Å². The van der Waals surface area contributed by atoms with Crippen LogP contribution in [0.1, 0.15) is 44.9 Å². The van der Waals surface area contributed by atoms with Crippen molar-refractivity contribution in [2.75, 3.05) is 13.1 Å². The molecule has 1 aliphatic heterocycles. The molecule has 0 saturated carbocycles. The monoisotopic (exact) mass is 154 g/mol. The van der Waals surface area contributed by atoms with Crippen molar-refractivity contribution >= 4 is 0 Å². The van der Waals surface area contributed by atoms with Gasteiger partial charge in [-0.3, -0.25) is 0 Å². The van der Waals surface area contributed by atoms with Gasteiger partial charge in [0, 0.05) is 12.8 Å². The highest BCUT2D eigenvalue weighted by Crippen LogP contribution is 2.09. The highest BCUT2D eigenvalue weighted by Gasteiger charge is 2.00. The highest BCUT2D eigenvalue weighted by atomic mass is 15.2. The van der Waals surface area contributed by atoms with E-state index in [9.17, 15) is 5.53 Å². The molecule has 2 nitrogen and oxygen atoms in total. The second-order valence-corrected chi connectivity index (χ2v) is 3.43. The van der Waals surface area contributed by atoms with Crippen molar-refractivity contribution in [3.05, 3.63) is 5.53 Å². The van der Waals surface area contributed by atoms with Gasteiger partial charge < -0.3 is 10.2 Å². The number of nitrogens with zero attached hydrogens (tertiary/aromatic N) is 2. The van der Waals surface area contributed by atoms with E-state index in [-0.39, 0.29) is 0 Å². The van der Waals surface area contributed by atoms with Crippen molar-refractivity contribution in [3.63, 3.8) is 0 Å². The minimum atomic E-state index is 0.875. The third kappa shape index (κ3) is 4.12. The lowest BCUT2D eigenvalue weighted by atomic mass is 10.1. The molecular formula is C9H18N2. The molecule has 0 atom stereocenters. The molecule has 0 aromatic rings. The van der Waals surface area contributed by atoms with Crippen molar-refractivity contribution < 1.29 is 4.70 Å². The number of hydrogen-bond acceptors (Lipinski definition) is 0. The quantitative estimate of drug-likeness (QED) is 0.479. The van der Waals surface area contributed by atoms with Gasteiger partial charge in [0.1, 0.15) is 13.1 Å². The smallest absolute Gasteiger partial charge is 0.130 e. The normalized spacial score (nSPS) is 23.1. The molecule has 0 aromatic heterocycles. The van der Waals surface area contributed by atoms with Crippen LogP contribution in [0.4, 0.5) is 0 Å². The van der Waals surface area contributed by atoms with Crippen LogP contribution in [0.3, 0.4) is 0 Å². The Morgan fingerprint density at radius 2 is 1.00 bits per heavy atom. The van der Waals surface area contributed by atoms with Crippen LogP contribution < -0.4 is 0 Å². The first kappa shape index (κ1) is 8.69. The van der Waals surface area contributed by atoms with E-state index in [1.807, 2.05) is 0 Å². The van der Waals surface area contributed by atoms with Gasteiger partial charge in [0.25, 0.3) is 0 Å². The van der Waals surface area contributed by atoms with Gasteiger partial charge >= 0.3 is 0 Å². The molecule has 0 aromatic carbocycles. The minimum Gasteiger partial charge on any atom is -0.507 e. The lowest BCUT2D eigenvalue weighted by Crippen LogP contribution is -2.11. The highest BCUT2D eigenvalue weighted by molar-refractivity contribution is 4.47. The number of rotatable bonds is 0. The zero-order valence-electron chi connectivity index (χ0n) is 7.26. The van der Waals surface area contributed by atoms with E-state index in [4.69, 9.17) is 0 Å². The van der Waals surface area contributed by atoms with Crippen LogP contribution in [0.25, 0.3) is 5.53 Å². The maximum absolute atomic E-state index is 9.26. The summed E-state index contributed by atoms with van der Waals surface area (Å²) in [6, 6.07) is 0. The van der Waals surface area contributed by atoms with Crippen molar-refractivity contribution in [1.29, 1.82) is 0 Å². The molecule has 0 bridgehead atoms. The lowest BCUT2D eigenvalue weighted by molar-refractivity contribution is -0.550. The van der Waals surface area contributed by atoms with Crippen molar-refractivity contribution in [3.8, 4) is 0 Å². The maximum Gasteiger partial charge on any atom is 0.130 e. The molecule has 0 unspecified atom stereocenters. The van der Waals surface area contributed by atoms with Crippen LogP contribution in [0.2, 0.25) is 0 Å². The summed E-state index contributed by atoms with van der Waals surface area (Å²) >= 11 is 0. The minimum absolute atomic E-state index is 0.875. The Bertz CT molecular complexity index is 109. The molecule has 1 saturated heterocycles. The molecule has 1 rings (SSSR count). The molecule has 11 heavy (non-hydrogen) atoms. The Hall–Kier alpha value is -0.400. The fraction of sp³-hybridized carbons (Fsp3) is 1.00. The van der Waals surface area contributed by atoms with Crippen LogP contribution in [-0.2, 0) is 0 Å². The third-order valence-electron chi connectivity index (χ3n) is 2.33. The average Bonchev–Trinajstić information content (AvgIpc) is 2.03. The van der Waals surface area contributed by atoms with Crippen LogP contribution in [0.15, 0.2) is 0 Å². The Morgan fingerprint density at radius 3 is 1.45 bits per heavy atom. The van der Waals surface area contributed by atoms with Crippen molar-refractivity contribution in [1.82, 2.24) is 0 Å². The zero-order valence-corrected chi connectivity index (χ0v) is 7.26. The topological polar surface area (TPSA) is 25.3 Å². The first-order chi connectivity index (χ1) is 5.39. The summed E-state index contributed by atoms with van der Waals surface area (Å²) in [5.41, 5.74) is 9.26. The predicted octanol–water partition coefficient (Wildman–Crippen LogP) is 2.76. The summed E-state index contributed by atoms with van der Waals surface area (Å²) in [6.45, 7) is 1.75. The van der Waals surface area contributed by atoms with Crippen molar-refractivity contribution in [2.24, 2.45) is 0 Å². The van der Waals surface area contributed by atoms with E-state index in [2.05, 4.69) is 0 Å². The fourth-order valence-electron chi connectivity index (χ4n) is 1.58. The van der Waals surface area contributed by atoms with E-state index in [1.165, 1.54) is 36.8 Å². The standard InChI is InChI=1S/C9H18N2/c10-11-8-6-4-2-1-3-5-7-9-11/h1-9H2. The third-order valence-corrected chi connectivity index (χ3v) is 2.33. The van der Waals surface area contributed by atoms with E-state index in [0.717, 1.165) is 25.9 Å². The molecule has 1 aliphatic rings. The molecule has 1 heterocycles. The summed E-state index contributed by atoms with van der Waals surface area (Å²) in [6.07, 6.45) is 9.01. The molecule has 0 aliphatic carbocycles. The molecule has 0 amide bonds. The summed E-state index contributed by atoms with van der Waals surface area (Å²) in [4.78, 5) is 0. The first-order valence-corrected chi connectivity index (χ1v) is 4.83. The van der Waals surface area contributed by atoms with Crippen LogP contribution in [0, 0.1) is 0 Å². The van der Waals surface area contributed by atoms with Gasteiger partial charge in [-0.05, 0) is 12.8 Å². The second kappa shape index (κ2) is 5.28. The van der Waals surface area contributed by atoms with E-state index >= 15 is 0 Å². The average molecular weight is 154 g/mol. The van der Waals surface area contributed by atoms with Crippen LogP contribution in [0.5, 0.6) is 0 Å². The molecule has 64 valence electrons. The van der Waals surface area contributed by atoms with Gasteiger partial charge in [-0.2, -0.15) is 0 Å². The molecule has 1 fully saturated rings. The van der Waals surface area contributed by atoms with E-state index in [0.29, 0.717) is 0 Å². The van der Waals surface area contributed by atoms with Gasteiger partial charge in [-0.15, -0.1) is 0 Å². The zero-order chi connectivity index (χ0) is 7.94. The van der Waals surface area contributed by atoms with Gasteiger partial charge in [-0.25, -0.2) is 0 Å². The molecule has 2 heteroatoms. The SMILES string of the molecule is [N-]=[N+]1CCCCCCCCC1. The van der Waals surface area contributed by atoms with E-state index in [1.54, 1.807) is 0 Å². The van der Waals surface area contributed by atoms with Crippen LogP contribution in [-0.4, -0.2) is 17.8 Å². The Balaban J connectivity index is 2.17. The molecular weight excluding hydrogens is 136 g/mol. The fourth-order valence-corrected chi connectivity index (χ4v) is 1.58. The van der Waals surface area contributed by atoms with E-state index < -0.39 is 0 Å². The Morgan fingerprint density at radius 1 is 0.636 bits per heavy atom.